The summed E-state index contributed by atoms with van der Waals surface area (Å²) in [4.78, 5) is 0. The van der Waals surface area contributed by atoms with Gasteiger partial charge in [-0.1, -0.05) is 12.5 Å². The van der Waals surface area contributed by atoms with Gasteiger partial charge in [0.05, 0.1) is 0 Å². The van der Waals surface area contributed by atoms with Gasteiger partial charge in [0.15, 0.2) is 0 Å². The highest BCUT2D eigenvalue weighted by atomic mass is 127. The summed E-state index contributed by atoms with van der Waals surface area (Å²) >= 11 is 2.32. The molecule has 0 amide bonds. The third-order valence-corrected chi connectivity index (χ3v) is 2.98. The van der Waals surface area contributed by atoms with Crippen LogP contribution in [-0.4, -0.2) is 6.54 Å². The van der Waals surface area contributed by atoms with Gasteiger partial charge >= 0.3 is 0 Å². The number of halogens is 1. The van der Waals surface area contributed by atoms with Crippen molar-refractivity contribution in [1.29, 1.82) is 0 Å². The Balaban J connectivity index is 2.09. The van der Waals surface area contributed by atoms with Crippen LogP contribution in [-0.2, 0) is 0 Å². The molecule has 0 aliphatic heterocycles. The highest BCUT2D eigenvalue weighted by Gasteiger charge is 1.91. The van der Waals surface area contributed by atoms with Crippen molar-refractivity contribution < 1.29 is 0 Å². The summed E-state index contributed by atoms with van der Waals surface area (Å²) in [7, 11) is 0. The second-order valence-electron chi connectivity index (χ2n) is 3.57. The molecular formula is C13H18IN. The summed E-state index contributed by atoms with van der Waals surface area (Å²) in [5.74, 6) is 0. The van der Waals surface area contributed by atoms with Gasteiger partial charge in [0, 0.05) is 15.8 Å². The molecule has 1 aromatic rings. The number of anilines is 1. The van der Waals surface area contributed by atoms with Crippen molar-refractivity contribution in [2.75, 3.05) is 11.9 Å². The Morgan fingerprint density at radius 2 is 1.87 bits per heavy atom. The van der Waals surface area contributed by atoms with Gasteiger partial charge in [-0.25, -0.2) is 0 Å². The van der Waals surface area contributed by atoms with E-state index in [1.54, 1.807) is 0 Å². The minimum absolute atomic E-state index is 1.07. The first-order chi connectivity index (χ1) is 7.33. The standard InChI is InChI=1S/C13H18IN/c1-2-3-4-5-6-11-15-13-9-7-12(14)8-10-13/h2,7-10,15H,1,3-6,11H2. The Bertz CT molecular complexity index is 279. The number of hydrogen-bond acceptors (Lipinski definition) is 1. The Hall–Kier alpha value is -0.510. The molecule has 0 bridgehead atoms. The smallest absolute Gasteiger partial charge is 0.0340 e. The topological polar surface area (TPSA) is 12.0 Å². The van der Waals surface area contributed by atoms with E-state index >= 15 is 0 Å². The normalized spacial score (nSPS) is 9.93. The molecule has 0 fully saturated rings. The van der Waals surface area contributed by atoms with Gasteiger partial charge in [0.25, 0.3) is 0 Å². The van der Waals surface area contributed by atoms with E-state index in [2.05, 4.69) is 58.8 Å². The average molecular weight is 315 g/mol. The predicted octanol–water partition coefficient (Wildman–Crippen LogP) is 4.45. The van der Waals surface area contributed by atoms with Crippen molar-refractivity contribution in [3.8, 4) is 0 Å². The van der Waals surface area contributed by atoms with Crippen molar-refractivity contribution in [3.05, 3.63) is 40.5 Å². The number of rotatable bonds is 7. The van der Waals surface area contributed by atoms with Crippen LogP contribution in [0.15, 0.2) is 36.9 Å². The molecule has 0 unspecified atom stereocenters. The SMILES string of the molecule is C=CCCCCCNc1ccc(I)cc1. The van der Waals surface area contributed by atoms with Crippen LogP contribution in [0.3, 0.4) is 0 Å². The van der Waals surface area contributed by atoms with Gasteiger partial charge in [-0.05, 0) is 66.1 Å². The maximum absolute atomic E-state index is 3.72. The van der Waals surface area contributed by atoms with Crippen LogP contribution in [0, 0.1) is 3.57 Å². The van der Waals surface area contributed by atoms with Crippen LogP contribution >= 0.6 is 22.6 Å². The Kier molecular flexibility index (Phi) is 6.48. The summed E-state index contributed by atoms with van der Waals surface area (Å²) in [6.07, 6.45) is 6.91. The molecule has 1 N–H and O–H groups in total. The number of allylic oxidation sites excluding steroid dienone is 1. The van der Waals surface area contributed by atoms with Crippen LogP contribution in [0.25, 0.3) is 0 Å². The number of hydrogen-bond donors (Lipinski definition) is 1. The molecule has 0 saturated carbocycles. The minimum atomic E-state index is 1.07. The van der Waals surface area contributed by atoms with E-state index in [9.17, 15) is 0 Å². The van der Waals surface area contributed by atoms with Gasteiger partial charge < -0.3 is 5.32 Å². The van der Waals surface area contributed by atoms with Gasteiger partial charge in [-0.15, -0.1) is 6.58 Å². The minimum Gasteiger partial charge on any atom is -0.385 e. The fourth-order valence-corrected chi connectivity index (χ4v) is 1.75. The van der Waals surface area contributed by atoms with E-state index in [1.807, 2.05) is 6.08 Å². The maximum atomic E-state index is 3.72. The second-order valence-corrected chi connectivity index (χ2v) is 4.82. The Morgan fingerprint density at radius 1 is 1.13 bits per heavy atom. The quantitative estimate of drug-likeness (QED) is 0.445. The van der Waals surface area contributed by atoms with E-state index in [-0.39, 0.29) is 0 Å². The molecule has 2 heteroatoms. The molecular weight excluding hydrogens is 297 g/mol. The van der Waals surface area contributed by atoms with E-state index in [1.165, 1.54) is 28.5 Å². The van der Waals surface area contributed by atoms with Crippen LogP contribution in [0.1, 0.15) is 25.7 Å². The highest BCUT2D eigenvalue weighted by molar-refractivity contribution is 14.1. The first-order valence-electron chi connectivity index (χ1n) is 5.43. The van der Waals surface area contributed by atoms with Gasteiger partial charge in [0.2, 0.25) is 0 Å². The fourth-order valence-electron chi connectivity index (χ4n) is 1.39. The van der Waals surface area contributed by atoms with Gasteiger partial charge in [-0.2, -0.15) is 0 Å². The maximum Gasteiger partial charge on any atom is 0.0340 e. The average Bonchev–Trinajstić information content (AvgIpc) is 2.26. The van der Waals surface area contributed by atoms with Gasteiger partial charge in [-0.3, -0.25) is 0 Å². The monoisotopic (exact) mass is 315 g/mol. The molecule has 0 heterocycles. The number of benzene rings is 1. The summed E-state index contributed by atoms with van der Waals surface area (Å²) in [6.45, 7) is 4.79. The lowest BCUT2D eigenvalue weighted by atomic mass is 10.2. The molecule has 1 aromatic carbocycles. The number of unbranched alkanes of at least 4 members (excludes halogenated alkanes) is 3. The lowest BCUT2D eigenvalue weighted by Gasteiger charge is -2.05. The summed E-state index contributed by atoms with van der Waals surface area (Å²) in [5, 5.41) is 3.42. The van der Waals surface area contributed by atoms with Crippen molar-refractivity contribution in [2.45, 2.75) is 25.7 Å². The third-order valence-electron chi connectivity index (χ3n) is 2.26. The molecule has 15 heavy (non-hydrogen) atoms. The van der Waals surface area contributed by atoms with Gasteiger partial charge in [0.1, 0.15) is 0 Å². The summed E-state index contributed by atoms with van der Waals surface area (Å²) in [5.41, 5.74) is 1.22. The van der Waals surface area contributed by atoms with Crippen molar-refractivity contribution in [2.24, 2.45) is 0 Å². The first-order valence-corrected chi connectivity index (χ1v) is 6.51. The molecule has 1 rings (SSSR count). The van der Waals surface area contributed by atoms with Crippen molar-refractivity contribution in [1.82, 2.24) is 0 Å². The van der Waals surface area contributed by atoms with E-state index in [0.717, 1.165) is 13.0 Å². The fraction of sp³-hybridized carbons (Fsp3) is 0.385. The van der Waals surface area contributed by atoms with Crippen LogP contribution in [0.2, 0.25) is 0 Å². The van der Waals surface area contributed by atoms with E-state index in [0.29, 0.717) is 0 Å². The molecule has 0 aromatic heterocycles. The lowest BCUT2D eigenvalue weighted by Crippen LogP contribution is -2.00. The number of nitrogens with one attached hydrogen (secondary N) is 1. The molecule has 0 radical (unpaired) electrons. The predicted molar refractivity (Wildman–Crippen MR) is 76.3 cm³/mol. The van der Waals surface area contributed by atoms with Crippen LogP contribution in [0.4, 0.5) is 5.69 Å². The van der Waals surface area contributed by atoms with Crippen LogP contribution < -0.4 is 5.32 Å². The van der Waals surface area contributed by atoms with E-state index < -0.39 is 0 Å². The second kappa shape index (κ2) is 7.74. The van der Waals surface area contributed by atoms with Crippen LogP contribution in [0.5, 0.6) is 0 Å². The molecule has 0 atom stereocenters. The lowest BCUT2D eigenvalue weighted by molar-refractivity contribution is 0.709. The largest absolute Gasteiger partial charge is 0.385 e. The highest BCUT2D eigenvalue weighted by Crippen LogP contribution is 2.11. The molecule has 0 saturated heterocycles. The summed E-state index contributed by atoms with van der Waals surface area (Å²) in [6, 6.07) is 8.51. The Labute approximate surface area is 106 Å². The first kappa shape index (κ1) is 12.6. The molecule has 0 aliphatic rings. The van der Waals surface area contributed by atoms with E-state index in [4.69, 9.17) is 0 Å². The molecule has 82 valence electrons. The zero-order valence-electron chi connectivity index (χ0n) is 9.01. The summed E-state index contributed by atoms with van der Waals surface area (Å²) < 4.78 is 1.28. The molecule has 1 nitrogen and oxygen atoms in total. The third kappa shape index (κ3) is 5.82. The Morgan fingerprint density at radius 3 is 2.53 bits per heavy atom. The zero-order chi connectivity index (χ0) is 10.9. The van der Waals surface area contributed by atoms with Crippen molar-refractivity contribution >= 4 is 28.3 Å². The zero-order valence-corrected chi connectivity index (χ0v) is 11.2. The molecule has 0 spiro atoms. The molecule has 0 aliphatic carbocycles. The van der Waals surface area contributed by atoms with Crippen molar-refractivity contribution in [3.63, 3.8) is 0 Å².